The molecule has 0 atom stereocenters. The van der Waals surface area contributed by atoms with Crippen molar-refractivity contribution in [3.63, 3.8) is 0 Å². The van der Waals surface area contributed by atoms with Crippen LogP contribution in [0.3, 0.4) is 0 Å². The predicted octanol–water partition coefficient (Wildman–Crippen LogP) is 8.51. The molecule has 0 saturated heterocycles. The first-order valence-corrected chi connectivity index (χ1v) is 10.8. The Morgan fingerprint density at radius 2 is 1.19 bits per heavy atom. The summed E-state index contributed by atoms with van der Waals surface area (Å²) in [7, 11) is 0. The van der Waals surface area contributed by atoms with E-state index in [2.05, 4.69) is 72.3 Å². The maximum absolute atomic E-state index is 12.3. The Balaban J connectivity index is 1.51. The summed E-state index contributed by atoms with van der Waals surface area (Å²) in [5.41, 5.74) is 5.73. The van der Waals surface area contributed by atoms with Gasteiger partial charge in [0.2, 0.25) is 0 Å². The Bertz CT molecular complexity index is 1130. The molecule has 0 aliphatic carbocycles. The van der Waals surface area contributed by atoms with E-state index < -0.39 is 6.61 Å². The summed E-state index contributed by atoms with van der Waals surface area (Å²) in [6, 6.07) is 28.4. The van der Waals surface area contributed by atoms with Crippen LogP contribution >= 0.6 is 0 Å². The van der Waals surface area contributed by atoms with Gasteiger partial charge in [-0.1, -0.05) is 86.5 Å². The average molecular weight is 417 g/mol. The molecule has 0 fully saturated rings. The van der Waals surface area contributed by atoms with Crippen molar-refractivity contribution in [2.75, 3.05) is 0 Å². The lowest BCUT2D eigenvalue weighted by molar-refractivity contribution is -0.0498. The molecule has 4 aromatic carbocycles. The molecule has 0 unspecified atom stereocenters. The minimum absolute atomic E-state index is 0.167. The zero-order chi connectivity index (χ0) is 21.6. The van der Waals surface area contributed by atoms with Crippen LogP contribution in [0.4, 0.5) is 8.78 Å². The molecule has 4 rings (SSSR count). The van der Waals surface area contributed by atoms with E-state index in [-0.39, 0.29) is 5.75 Å². The molecule has 0 aliphatic heterocycles. The van der Waals surface area contributed by atoms with E-state index in [4.69, 9.17) is 0 Å². The molecule has 0 radical (unpaired) electrons. The Kier molecular flexibility index (Phi) is 6.61. The Morgan fingerprint density at radius 1 is 0.645 bits per heavy atom. The van der Waals surface area contributed by atoms with Gasteiger partial charge in [0.15, 0.2) is 0 Å². The van der Waals surface area contributed by atoms with Crippen LogP contribution in [0.2, 0.25) is 0 Å². The van der Waals surface area contributed by atoms with Crippen LogP contribution in [0.25, 0.3) is 33.0 Å². The van der Waals surface area contributed by atoms with Gasteiger partial charge in [0, 0.05) is 0 Å². The van der Waals surface area contributed by atoms with E-state index in [1.165, 1.54) is 41.2 Å². The van der Waals surface area contributed by atoms with E-state index in [0.717, 1.165) is 23.1 Å². The van der Waals surface area contributed by atoms with Crippen LogP contribution in [0.15, 0.2) is 84.9 Å². The highest BCUT2D eigenvalue weighted by Crippen LogP contribution is 2.29. The minimum Gasteiger partial charge on any atom is -0.435 e. The third-order valence-corrected chi connectivity index (χ3v) is 5.60. The van der Waals surface area contributed by atoms with Gasteiger partial charge in [-0.25, -0.2) is 0 Å². The van der Waals surface area contributed by atoms with Crippen molar-refractivity contribution in [1.29, 1.82) is 0 Å². The van der Waals surface area contributed by atoms with Crippen molar-refractivity contribution >= 4 is 10.8 Å². The summed E-state index contributed by atoms with van der Waals surface area (Å²) in [5.74, 6) is 0.167. The SMILES string of the molecule is CCCCCc1ccc2cc(-c3ccc(-c4ccc(OC(F)F)cc4)cc3)ccc2c1. The third-order valence-electron chi connectivity index (χ3n) is 5.60. The summed E-state index contributed by atoms with van der Waals surface area (Å²) >= 11 is 0. The second-order valence-electron chi connectivity index (χ2n) is 7.83. The first-order chi connectivity index (χ1) is 15.1. The van der Waals surface area contributed by atoms with Crippen molar-refractivity contribution < 1.29 is 13.5 Å². The van der Waals surface area contributed by atoms with Gasteiger partial charge in [-0.05, 0) is 69.6 Å². The Morgan fingerprint density at radius 3 is 1.84 bits per heavy atom. The summed E-state index contributed by atoms with van der Waals surface area (Å²) in [4.78, 5) is 0. The third kappa shape index (κ3) is 5.29. The van der Waals surface area contributed by atoms with Crippen LogP contribution in [0.1, 0.15) is 31.7 Å². The molecule has 3 heteroatoms. The second-order valence-corrected chi connectivity index (χ2v) is 7.83. The maximum Gasteiger partial charge on any atom is 0.387 e. The van der Waals surface area contributed by atoms with Crippen LogP contribution in [-0.4, -0.2) is 6.61 Å². The van der Waals surface area contributed by atoms with Crippen molar-refractivity contribution in [1.82, 2.24) is 0 Å². The zero-order valence-electron chi connectivity index (χ0n) is 17.7. The molecule has 158 valence electrons. The smallest absolute Gasteiger partial charge is 0.387 e. The summed E-state index contributed by atoms with van der Waals surface area (Å²) in [6.07, 6.45) is 4.91. The largest absolute Gasteiger partial charge is 0.435 e. The van der Waals surface area contributed by atoms with E-state index in [0.29, 0.717) is 0 Å². The molecule has 0 heterocycles. The van der Waals surface area contributed by atoms with Gasteiger partial charge in [0.05, 0.1) is 0 Å². The first-order valence-electron chi connectivity index (χ1n) is 10.8. The average Bonchev–Trinajstić information content (AvgIpc) is 2.79. The van der Waals surface area contributed by atoms with Gasteiger partial charge >= 0.3 is 6.61 Å². The highest BCUT2D eigenvalue weighted by Gasteiger charge is 2.06. The minimum atomic E-state index is -2.81. The van der Waals surface area contributed by atoms with Gasteiger partial charge in [0.25, 0.3) is 0 Å². The highest BCUT2D eigenvalue weighted by molar-refractivity contribution is 5.88. The topological polar surface area (TPSA) is 9.23 Å². The van der Waals surface area contributed by atoms with Crippen LogP contribution < -0.4 is 4.74 Å². The van der Waals surface area contributed by atoms with Gasteiger partial charge in [-0.2, -0.15) is 8.78 Å². The lowest BCUT2D eigenvalue weighted by atomic mass is 9.97. The van der Waals surface area contributed by atoms with Crippen molar-refractivity contribution in [2.24, 2.45) is 0 Å². The molecule has 0 saturated carbocycles. The lowest BCUT2D eigenvalue weighted by Gasteiger charge is -2.09. The molecule has 0 spiro atoms. The number of benzene rings is 4. The molecule has 0 aromatic heterocycles. The number of aryl methyl sites for hydroxylation is 1. The van der Waals surface area contributed by atoms with Crippen LogP contribution in [0.5, 0.6) is 5.75 Å². The second kappa shape index (κ2) is 9.74. The molecule has 0 aliphatic rings. The monoisotopic (exact) mass is 416 g/mol. The fourth-order valence-electron chi connectivity index (χ4n) is 3.89. The molecule has 4 aromatic rings. The van der Waals surface area contributed by atoms with E-state index in [1.54, 1.807) is 24.3 Å². The quantitative estimate of drug-likeness (QED) is 0.262. The fraction of sp³-hybridized carbons (Fsp3) is 0.214. The normalized spacial score (nSPS) is 11.2. The summed E-state index contributed by atoms with van der Waals surface area (Å²) in [6.45, 7) is -0.574. The highest BCUT2D eigenvalue weighted by atomic mass is 19.3. The number of alkyl halides is 2. The number of hydrogen-bond donors (Lipinski definition) is 0. The zero-order valence-corrected chi connectivity index (χ0v) is 17.7. The molecule has 31 heavy (non-hydrogen) atoms. The van der Waals surface area contributed by atoms with Crippen LogP contribution in [-0.2, 0) is 6.42 Å². The molecule has 0 bridgehead atoms. The standard InChI is InChI=1S/C28H26F2O/c1-2-3-4-5-20-6-7-26-19-25(13-12-24(26)18-20)23-10-8-21(9-11-23)22-14-16-27(17-15-22)31-28(29)30/h6-19,28H,2-5H2,1H3. The van der Waals surface area contributed by atoms with E-state index >= 15 is 0 Å². The first kappa shape index (κ1) is 21.0. The number of ether oxygens (including phenoxy) is 1. The number of halogens is 2. The van der Waals surface area contributed by atoms with E-state index in [9.17, 15) is 8.78 Å². The Labute approximate surface area is 182 Å². The Hall–Kier alpha value is -3.20. The molecule has 0 N–H and O–H groups in total. The van der Waals surface area contributed by atoms with Gasteiger partial charge in [-0.3, -0.25) is 0 Å². The number of rotatable bonds is 8. The van der Waals surface area contributed by atoms with Gasteiger partial charge in [0.1, 0.15) is 5.75 Å². The van der Waals surface area contributed by atoms with Gasteiger partial charge in [-0.15, -0.1) is 0 Å². The molecule has 0 amide bonds. The van der Waals surface area contributed by atoms with Crippen molar-refractivity contribution in [3.8, 4) is 28.0 Å². The number of unbranched alkanes of at least 4 members (excludes halogenated alkanes) is 2. The van der Waals surface area contributed by atoms with Crippen molar-refractivity contribution in [3.05, 3.63) is 90.5 Å². The van der Waals surface area contributed by atoms with E-state index in [1.807, 2.05) is 0 Å². The summed E-state index contributed by atoms with van der Waals surface area (Å²) < 4.78 is 29.0. The fourth-order valence-corrected chi connectivity index (χ4v) is 3.89. The molecule has 1 nitrogen and oxygen atoms in total. The molecular formula is C28H26F2O. The lowest BCUT2D eigenvalue weighted by Crippen LogP contribution is -2.01. The maximum atomic E-state index is 12.3. The summed E-state index contributed by atoms with van der Waals surface area (Å²) in [5, 5.41) is 2.52. The molecular weight excluding hydrogens is 390 g/mol. The predicted molar refractivity (Wildman–Crippen MR) is 125 cm³/mol. The number of hydrogen-bond acceptors (Lipinski definition) is 1. The van der Waals surface area contributed by atoms with Crippen LogP contribution in [0, 0.1) is 0 Å². The van der Waals surface area contributed by atoms with Crippen molar-refractivity contribution in [2.45, 2.75) is 39.2 Å². The number of fused-ring (bicyclic) bond motifs is 1. The van der Waals surface area contributed by atoms with Gasteiger partial charge < -0.3 is 4.74 Å².